The molecule has 144 valence electrons. The molecule has 1 aliphatic heterocycles. The zero-order chi connectivity index (χ0) is 18.8. The van der Waals surface area contributed by atoms with Crippen molar-refractivity contribution in [1.29, 1.82) is 0 Å². The number of carbonyl (C=O) groups is 1. The minimum absolute atomic E-state index is 0.0567. The molecule has 0 saturated carbocycles. The Labute approximate surface area is 165 Å². The molecule has 1 aromatic carbocycles. The van der Waals surface area contributed by atoms with Crippen LogP contribution in [0.25, 0.3) is 0 Å². The van der Waals surface area contributed by atoms with Gasteiger partial charge in [0.05, 0.1) is 12.2 Å². The molecule has 5 nitrogen and oxygen atoms in total. The molecule has 1 N–H and O–H groups in total. The zero-order valence-electron chi connectivity index (χ0n) is 16.3. The van der Waals surface area contributed by atoms with Crippen molar-refractivity contribution >= 4 is 28.1 Å². The summed E-state index contributed by atoms with van der Waals surface area (Å²) in [6.45, 7) is 8.55. The van der Waals surface area contributed by atoms with E-state index in [0.29, 0.717) is 6.54 Å². The number of nitrogens with zero attached hydrogens (tertiary/aromatic N) is 3. The van der Waals surface area contributed by atoms with Crippen LogP contribution in [0.15, 0.2) is 18.2 Å². The van der Waals surface area contributed by atoms with E-state index in [1.54, 1.807) is 11.3 Å². The van der Waals surface area contributed by atoms with E-state index >= 15 is 0 Å². The number of carbonyl (C=O) groups excluding carboxylic acids is 1. The summed E-state index contributed by atoms with van der Waals surface area (Å²) in [4.78, 5) is 23.1. The van der Waals surface area contributed by atoms with E-state index in [2.05, 4.69) is 52.1 Å². The van der Waals surface area contributed by atoms with E-state index in [-0.39, 0.29) is 5.91 Å². The van der Waals surface area contributed by atoms with Crippen LogP contribution in [0.1, 0.15) is 34.5 Å². The van der Waals surface area contributed by atoms with E-state index in [4.69, 9.17) is 0 Å². The number of piperazine rings is 1. The van der Waals surface area contributed by atoms with Crippen LogP contribution in [0.2, 0.25) is 0 Å². The SMILES string of the molecule is Cc1cccc(N2CCN(CC(=O)Nc3nc4c(s3)CCCC4)CC2)c1C. The molecule has 1 saturated heterocycles. The lowest BCUT2D eigenvalue weighted by molar-refractivity contribution is -0.117. The van der Waals surface area contributed by atoms with E-state index in [1.807, 2.05) is 0 Å². The number of thiazole rings is 1. The standard InChI is InChI=1S/C21H28N4OS/c1-15-6-5-8-18(16(15)2)25-12-10-24(11-13-25)14-20(26)23-21-22-17-7-3-4-9-19(17)27-21/h5-6,8H,3-4,7,9-14H2,1-2H3,(H,22,23,26). The lowest BCUT2D eigenvalue weighted by Crippen LogP contribution is -2.48. The molecule has 4 rings (SSSR count). The molecule has 1 aromatic heterocycles. The third-order valence-electron chi connectivity index (χ3n) is 5.75. The third kappa shape index (κ3) is 4.17. The van der Waals surface area contributed by atoms with Crippen molar-refractivity contribution in [2.45, 2.75) is 39.5 Å². The first-order valence-electron chi connectivity index (χ1n) is 9.92. The highest BCUT2D eigenvalue weighted by molar-refractivity contribution is 7.15. The molecular weight excluding hydrogens is 356 g/mol. The van der Waals surface area contributed by atoms with Crippen molar-refractivity contribution < 1.29 is 4.79 Å². The summed E-state index contributed by atoms with van der Waals surface area (Å²) >= 11 is 1.66. The molecule has 2 aliphatic rings. The molecule has 0 unspecified atom stereocenters. The van der Waals surface area contributed by atoms with E-state index in [1.165, 1.54) is 40.2 Å². The van der Waals surface area contributed by atoms with Crippen molar-refractivity contribution in [1.82, 2.24) is 9.88 Å². The van der Waals surface area contributed by atoms with Crippen LogP contribution in [-0.2, 0) is 17.6 Å². The number of aromatic nitrogens is 1. The number of aryl methyl sites for hydroxylation is 3. The summed E-state index contributed by atoms with van der Waals surface area (Å²) in [5.41, 5.74) is 5.22. The second kappa shape index (κ2) is 7.98. The van der Waals surface area contributed by atoms with Crippen molar-refractivity contribution in [2.24, 2.45) is 0 Å². The van der Waals surface area contributed by atoms with Crippen molar-refractivity contribution in [3.05, 3.63) is 39.9 Å². The fourth-order valence-corrected chi connectivity index (χ4v) is 5.06. The molecular formula is C21H28N4OS. The van der Waals surface area contributed by atoms with E-state index in [9.17, 15) is 4.79 Å². The Bertz CT molecular complexity index is 800. The average molecular weight is 385 g/mol. The highest BCUT2D eigenvalue weighted by Crippen LogP contribution is 2.29. The normalized spacial score (nSPS) is 17.6. The van der Waals surface area contributed by atoms with Crippen LogP contribution < -0.4 is 10.2 Å². The van der Waals surface area contributed by atoms with Gasteiger partial charge >= 0.3 is 0 Å². The lowest BCUT2D eigenvalue weighted by Gasteiger charge is -2.36. The molecule has 2 heterocycles. The quantitative estimate of drug-likeness (QED) is 0.878. The van der Waals surface area contributed by atoms with Gasteiger partial charge in [0.1, 0.15) is 0 Å². The first-order chi connectivity index (χ1) is 13.1. The smallest absolute Gasteiger partial charge is 0.240 e. The third-order valence-corrected chi connectivity index (χ3v) is 6.82. The molecule has 6 heteroatoms. The predicted octanol–water partition coefficient (Wildman–Crippen LogP) is 3.40. The number of hydrogen-bond acceptors (Lipinski definition) is 5. The maximum atomic E-state index is 12.4. The van der Waals surface area contributed by atoms with Gasteiger partial charge in [-0.3, -0.25) is 9.69 Å². The first kappa shape index (κ1) is 18.4. The minimum atomic E-state index is 0.0567. The molecule has 0 radical (unpaired) electrons. The summed E-state index contributed by atoms with van der Waals surface area (Å²) in [7, 11) is 0. The van der Waals surface area contributed by atoms with Crippen LogP contribution in [-0.4, -0.2) is 48.5 Å². The monoisotopic (exact) mass is 384 g/mol. The number of amides is 1. The minimum Gasteiger partial charge on any atom is -0.369 e. The fourth-order valence-electron chi connectivity index (χ4n) is 3.99. The Kier molecular flexibility index (Phi) is 5.45. The molecule has 1 aliphatic carbocycles. The van der Waals surface area contributed by atoms with Crippen LogP contribution in [0.4, 0.5) is 10.8 Å². The van der Waals surface area contributed by atoms with E-state index < -0.39 is 0 Å². The summed E-state index contributed by atoms with van der Waals surface area (Å²) in [6.07, 6.45) is 4.63. The summed E-state index contributed by atoms with van der Waals surface area (Å²) < 4.78 is 0. The van der Waals surface area contributed by atoms with Gasteiger partial charge in [0, 0.05) is 36.7 Å². The molecule has 27 heavy (non-hydrogen) atoms. The van der Waals surface area contributed by atoms with Gasteiger partial charge in [-0.25, -0.2) is 4.98 Å². The Morgan fingerprint density at radius 2 is 1.93 bits per heavy atom. The van der Waals surface area contributed by atoms with Gasteiger partial charge in [0.25, 0.3) is 0 Å². The summed E-state index contributed by atoms with van der Waals surface area (Å²) in [5, 5.41) is 3.80. The highest BCUT2D eigenvalue weighted by atomic mass is 32.1. The first-order valence-corrected chi connectivity index (χ1v) is 10.7. The van der Waals surface area contributed by atoms with Crippen LogP contribution in [0.3, 0.4) is 0 Å². The van der Waals surface area contributed by atoms with Crippen LogP contribution >= 0.6 is 11.3 Å². The Balaban J connectivity index is 1.29. The molecule has 2 aromatic rings. The van der Waals surface area contributed by atoms with Crippen LogP contribution in [0, 0.1) is 13.8 Å². The summed E-state index contributed by atoms with van der Waals surface area (Å²) in [5.74, 6) is 0.0567. The van der Waals surface area contributed by atoms with Crippen molar-refractivity contribution in [3.8, 4) is 0 Å². The maximum Gasteiger partial charge on any atom is 0.240 e. The van der Waals surface area contributed by atoms with Gasteiger partial charge in [0.2, 0.25) is 5.91 Å². The number of hydrogen-bond donors (Lipinski definition) is 1. The van der Waals surface area contributed by atoms with E-state index in [0.717, 1.165) is 44.2 Å². The second-order valence-electron chi connectivity index (χ2n) is 7.63. The van der Waals surface area contributed by atoms with Crippen molar-refractivity contribution in [2.75, 3.05) is 42.9 Å². The Morgan fingerprint density at radius 1 is 1.15 bits per heavy atom. The zero-order valence-corrected chi connectivity index (χ0v) is 17.1. The molecule has 0 atom stereocenters. The van der Waals surface area contributed by atoms with Gasteiger partial charge in [-0.05, 0) is 56.7 Å². The molecule has 1 amide bonds. The number of nitrogens with one attached hydrogen (secondary N) is 1. The number of anilines is 2. The number of rotatable bonds is 4. The average Bonchev–Trinajstić information content (AvgIpc) is 3.07. The predicted molar refractivity (Wildman–Crippen MR) is 112 cm³/mol. The maximum absolute atomic E-state index is 12.4. The lowest BCUT2D eigenvalue weighted by atomic mass is 10.0. The second-order valence-corrected chi connectivity index (χ2v) is 8.71. The van der Waals surface area contributed by atoms with Gasteiger partial charge in [-0.2, -0.15) is 0 Å². The van der Waals surface area contributed by atoms with Gasteiger partial charge in [0.15, 0.2) is 5.13 Å². The molecule has 1 fully saturated rings. The topological polar surface area (TPSA) is 48.5 Å². The molecule has 0 bridgehead atoms. The molecule has 0 spiro atoms. The van der Waals surface area contributed by atoms with Crippen molar-refractivity contribution in [3.63, 3.8) is 0 Å². The fraction of sp³-hybridized carbons (Fsp3) is 0.524. The Morgan fingerprint density at radius 3 is 2.70 bits per heavy atom. The number of fused-ring (bicyclic) bond motifs is 1. The largest absolute Gasteiger partial charge is 0.369 e. The van der Waals surface area contributed by atoms with Gasteiger partial charge in [-0.15, -0.1) is 11.3 Å². The highest BCUT2D eigenvalue weighted by Gasteiger charge is 2.21. The summed E-state index contributed by atoms with van der Waals surface area (Å²) in [6, 6.07) is 6.50. The van der Waals surface area contributed by atoms with Gasteiger partial charge in [-0.1, -0.05) is 12.1 Å². The van der Waals surface area contributed by atoms with Crippen LogP contribution in [0.5, 0.6) is 0 Å². The van der Waals surface area contributed by atoms with Gasteiger partial charge < -0.3 is 10.2 Å². The Hall–Kier alpha value is -1.92. The number of benzene rings is 1.